The lowest BCUT2D eigenvalue weighted by atomic mass is 9.67. The Balaban J connectivity index is 0.752. The molecule has 0 bridgehead atoms. The zero-order valence-corrected chi connectivity index (χ0v) is 49.7. The summed E-state index contributed by atoms with van der Waals surface area (Å²) >= 11 is 0. The maximum absolute atomic E-state index is 2.36. The van der Waals surface area contributed by atoms with Crippen molar-refractivity contribution in [3.63, 3.8) is 0 Å². The van der Waals surface area contributed by atoms with Gasteiger partial charge >= 0.3 is 0 Å². The number of hydrogen-bond donors (Lipinski definition) is 0. The normalized spacial score (nSPS) is 12.2. The van der Waals surface area contributed by atoms with Crippen molar-refractivity contribution in [3.05, 3.63) is 415 Å². The highest BCUT2D eigenvalue weighted by Crippen LogP contribution is 2.57. The number of fused-ring (bicyclic) bond motifs is 3. The van der Waals surface area contributed by atoms with Crippen molar-refractivity contribution in [1.29, 1.82) is 0 Å². The molecule has 0 unspecified atom stereocenters. The van der Waals surface area contributed by atoms with Gasteiger partial charge in [0, 0.05) is 51.2 Å². The molecule has 0 aromatic heterocycles. The molecule has 0 spiro atoms. The molecule has 14 aromatic rings. The van der Waals surface area contributed by atoms with E-state index in [0.717, 1.165) is 67.9 Å². The van der Waals surface area contributed by atoms with Crippen LogP contribution in [-0.4, -0.2) is 0 Å². The molecule has 0 saturated carbocycles. The molecule has 0 aliphatic heterocycles. The largest absolute Gasteiger partial charge is 0.311 e. The molecule has 0 radical (unpaired) electrons. The van der Waals surface area contributed by atoms with Crippen LogP contribution in [0.3, 0.4) is 0 Å². The minimum Gasteiger partial charge on any atom is -0.311 e. The van der Waals surface area contributed by atoms with Crippen LogP contribution in [0.4, 0.5) is 51.2 Å². The molecule has 0 heterocycles. The van der Waals surface area contributed by atoms with Gasteiger partial charge in [-0.3, -0.25) is 0 Å². The molecule has 3 nitrogen and oxygen atoms in total. The molecule has 14 aromatic carbocycles. The smallest absolute Gasteiger partial charge is 0.0713 e. The van der Waals surface area contributed by atoms with Crippen LogP contribution >= 0.6 is 0 Å². The minimum atomic E-state index is -0.605. The van der Waals surface area contributed by atoms with E-state index in [1.54, 1.807) is 0 Å². The van der Waals surface area contributed by atoms with Crippen LogP contribution in [0.2, 0.25) is 0 Å². The molecule has 0 saturated heterocycles. The van der Waals surface area contributed by atoms with Crippen LogP contribution in [0, 0.1) is 0 Å². The quantitative estimate of drug-likeness (QED) is 0.0893. The SMILES string of the molecule is C(=C(c1ccccc1)c1ccc(-c2ccc(N(c3ccccc3)c3ccc(C4(c5ccc(N(c6ccccc6)c6ccc(-c7ccc(N(c8ccccc8)c8ccccc8)cc7)cc6)cc5)c5ccccc5-c5ccccc54)cc3)cc2)cc1)c1ccccc1. The summed E-state index contributed by atoms with van der Waals surface area (Å²) in [6.45, 7) is 0. The van der Waals surface area contributed by atoms with Crippen molar-refractivity contribution in [3.8, 4) is 33.4 Å². The summed E-state index contributed by atoms with van der Waals surface area (Å²) < 4.78 is 0. The molecule has 0 amide bonds. The van der Waals surface area contributed by atoms with E-state index in [-0.39, 0.29) is 0 Å². The molecular weight excluding hydrogens is 1090 g/mol. The number of nitrogens with zero attached hydrogens (tertiary/aromatic N) is 3. The van der Waals surface area contributed by atoms with E-state index in [1.807, 2.05) is 0 Å². The Morgan fingerprint density at radius 2 is 0.456 bits per heavy atom. The third-order valence-electron chi connectivity index (χ3n) is 17.6. The van der Waals surface area contributed by atoms with Gasteiger partial charge in [0.05, 0.1) is 5.41 Å². The molecule has 1 aliphatic rings. The molecule has 90 heavy (non-hydrogen) atoms. The van der Waals surface area contributed by atoms with Gasteiger partial charge in [0.2, 0.25) is 0 Å². The Hall–Kier alpha value is -11.8. The van der Waals surface area contributed by atoms with E-state index in [9.17, 15) is 0 Å². The van der Waals surface area contributed by atoms with Crippen LogP contribution in [0.1, 0.15) is 38.9 Å². The van der Waals surface area contributed by atoms with Crippen molar-refractivity contribution in [2.24, 2.45) is 0 Å². The number of rotatable bonds is 16. The Kier molecular flexibility index (Phi) is 15.0. The van der Waals surface area contributed by atoms with E-state index in [4.69, 9.17) is 0 Å². The minimum absolute atomic E-state index is 0.605. The maximum Gasteiger partial charge on any atom is 0.0713 e. The second kappa shape index (κ2) is 24.5. The first-order valence-corrected chi connectivity index (χ1v) is 30.9. The van der Waals surface area contributed by atoms with Gasteiger partial charge in [-0.15, -0.1) is 0 Å². The summed E-state index contributed by atoms with van der Waals surface area (Å²) in [5.41, 5.74) is 26.0. The predicted molar refractivity (Wildman–Crippen MR) is 379 cm³/mol. The molecule has 1 aliphatic carbocycles. The van der Waals surface area contributed by atoms with E-state index < -0.39 is 5.41 Å². The third kappa shape index (κ3) is 10.5. The van der Waals surface area contributed by atoms with Crippen LogP contribution < -0.4 is 14.7 Å². The van der Waals surface area contributed by atoms with E-state index in [0.29, 0.717) is 0 Å². The summed E-state index contributed by atoms with van der Waals surface area (Å²) in [4.78, 5) is 7.02. The zero-order chi connectivity index (χ0) is 60.1. The van der Waals surface area contributed by atoms with Crippen molar-refractivity contribution in [2.75, 3.05) is 14.7 Å². The van der Waals surface area contributed by atoms with Crippen LogP contribution in [-0.2, 0) is 5.41 Å². The summed E-state index contributed by atoms with van der Waals surface area (Å²) in [6, 6.07) is 136. The monoisotopic (exact) mass is 1150 g/mol. The Morgan fingerprint density at radius 3 is 0.789 bits per heavy atom. The summed E-state index contributed by atoms with van der Waals surface area (Å²) in [5, 5.41) is 0. The van der Waals surface area contributed by atoms with Crippen molar-refractivity contribution in [1.82, 2.24) is 0 Å². The van der Waals surface area contributed by atoms with Gasteiger partial charge in [-0.2, -0.15) is 0 Å². The van der Waals surface area contributed by atoms with Crippen molar-refractivity contribution >= 4 is 62.8 Å². The van der Waals surface area contributed by atoms with E-state index in [2.05, 4.69) is 397 Å². The first kappa shape index (κ1) is 54.8. The molecule has 15 rings (SSSR count). The number of benzene rings is 14. The van der Waals surface area contributed by atoms with Gasteiger partial charge in [-0.05, 0) is 193 Å². The van der Waals surface area contributed by atoms with Crippen molar-refractivity contribution < 1.29 is 0 Å². The summed E-state index contributed by atoms with van der Waals surface area (Å²) in [6.07, 6.45) is 2.28. The molecule has 0 fully saturated rings. The highest BCUT2D eigenvalue weighted by Gasteiger charge is 2.46. The topological polar surface area (TPSA) is 9.72 Å². The summed E-state index contributed by atoms with van der Waals surface area (Å²) in [5.74, 6) is 0. The van der Waals surface area contributed by atoms with Gasteiger partial charge in [-0.25, -0.2) is 0 Å². The molecule has 0 N–H and O–H groups in total. The van der Waals surface area contributed by atoms with Crippen molar-refractivity contribution in [2.45, 2.75) is 5.41 Å². The molecule has 3 heteroatoms. The average Bonchev–Trinajstić information content (AvgIpc) is 1.57. The lowest BCUT2D eigenvalue weighted by Gasteiger charge is -2.35. The lowest BCUT2D eigenvalue weighted by Crippen LogP contribution is -2.28. The highest BCUT2D eigenvalue weighted by molar-refractivity contribution is 5.93. The van der Waals surface area contributed by atoms with Crippen LogP contribution in [0.5, 0.6) is 0 Å². The second-order valence-electron chi connectivity index (χ2n) is 22.8. The Bertz CT molecular complexity index is 4640. The fourth-order valence-electron chi connectivity index (χ4n) is 13.3. The zero-order valence-electron chi connectivity index (χ0n) is 49.7. The summed E-state index contributed by atoms with van der Waals surface area (Å²) in [7, 11) is 0. The van der Waals surface area contributed by atoms with Gasteiger partial charge in [0.1, 0.15) is 0 Å². The fraction of sp³-hybridized carbons (Fsp3) is 0.0115. The van der Waals surface area contributed by atoms with Gasteiger partial charge in [-0.1, -0.05) is 267 Å². The maximum atomic E-state index is 2.36. The molecule has 426 valence electrons. The predicted octanol–water partition coefficient (Wildman–Crippen LogP) is 23.4. The first-order chi connectivity index (χ1) is 44.6. The van der Waals surface area contributed by atoms with Gasteiger partial charge in [0.25, 0.3) is 0 Å². The van der Waals surface area contributed by atoms with Crippen LogP contribution in [0.15, 0.2) is 376 Å². The van der Waals surface area contributed by atoms with Gasteiger partial charge in [0.15, 0.2) is 0 Å². The number of anilines is 9. The lowest BCUT2D eigenvalue weighted by molar-refractivity contribution is 0.768. The standard InChI is InChI=1S/C87H63N3/c1-7-23-64(24-8-1)63-84(69-25-9-2-10-26-69)70-41-39-65(40-42-70)66-43-55-78(56-44-66)89(75-31-15-5-16-32-75)80-59-49-71(50-60-80)87(85-37-21-19-35-82(85)83-36-20-22-38-86(83)87)72-51-61-81(62-52-72)90(76-33-17-6-18-34-76)79-57-47-68(48-58-79)67-45-53-77(54-46-67)88(73-27-11-3-12-28-73)74-29-13-4-14-30-74/h1-63H. The Labute approximate surface area is 528 Å². The Morgan fingerprint density at radius 1 is 0.211 bits per heavy atom. The number of para-hydroxylation sites is 4. The molecular formula is C87H63N3. The van der Waals surface area contributed by atoms with Crippen LogP contribution in [0.25, 0.3) is 45.0 Å². The third-order valence-corrected chi connectivity index (χ3v) is 17.6. The van der Waals surface area contributed by atoms with E-state index in [1.165, 1.54) is 61.2 Å². The van der Waals surface area contributed by atoms with Gasteiger partial charge < -0.3 is 14.7 Å². The fourth-order valence-corrected chi connectivity index (χ4v) is 13.3. The van der Waals surface area contributed by atoms with E-state index >= 15 is 0 Å². The average molecular weight is 1150 g/mol. The number of hydrogen-bond acceptors (Lipinski definition) is 3. The highest BCUT2D eigenvalue weighted by atomic mass is 15.2. The first-order valence-electron chi connectivity index (χ1n) is 30.9. The second-order valence-corrected chi connectivity index (χ2v) is 22.8. The molecule has 0 atom stereocenters.